The fourth-order valence-corrected chi connectivity index (χ4v) is 3.16. The lowest BCUT2D eigenvalue weighted by Gasteiger charge is -2.16. The lowest BCUT2D eigenvalue weighted by Crippen LogP contribution is -2.19. The average Bonchev–Trinajstić information content (AvgIpc) is 2.62. The summed E-state index contributed by atoms with van der Waals surface area (Å²) in [6.07, 6.45) is 3.45. The summed E-state index contributed by atoms with van der Waals surface area (Å²) >= 11 is 0. The maximum Gasteiger partial charge on any atom is 0.262 e. The van der Waals surface area contributed by atoms with Gasteiger partial charge in [0.05, 0.1) is 18.2 Å². The summed E-state index contributed by atoms with van der Waals surface area (Å²) < 4.78 is 5.29. The topological polar surface area (TPSA) is 97.0 Å². The van der Waals surface area contributed by atoms with Crippen molar-refractivity contribution in [2.75, 3.05) is 12.4 Å². The lowest BCUT2D eigenvalue weighted by molar-refractivity contribution is 0.0972. The summed E-state index contributed by atoms with van der Waals surface area (Å²) in [5, 5.41) is 3.45. The SMILES string of the molecule is COc1ccccc1Nc1nc2ncc3c(c2c(=O)[nH]1)CCCC3=O. The molecule has 126 valence electrons. The molecule has 2 aromatic heterocycles. The maximum absolute atomic E-state index is 12.6. The van der Waals surface area contributed by atoms with E-state index in [2.05, 4.69) is 20.3 Å². The third-order valence-corrected chi connectivity index (χ3v) is 4.33. The predicted molar refractivity (Wildman–Crippen MR) is 93.7 cm³/mol. The van der Waals surface area contributed by atoms with Crippen LogP contribution in [0.25, 0.3) is 11.0 Å². The molecule has 25 heavy (non-hydrogen) atoms. The molecule has 0 fully saturated rings. The van der Waals surface area contributed by atoms with Crippen LogP contribution in [-0.2, 0) is 6.42 Å². The number of pyridine rings is 1. The number of carbonyl (C=O) groups excluding carboxylic acids is 1. The molecule has 0 saturated carbocycles. The summed E-state index contributed by atoms with van der Waals surface area (Å²) in [6, 6.07) is 7.33. The molecule has 7 heteroatoms. The van der Waals surface area contributed by atoms with Gasteiger partial charge in [0, 0.05) is 18.2 Å². The van der Waals surface area contributed by atoms with Gasteiger partial charge in [0.15, 0.2) is 11.4 Å². The quantitative estimate of drug-likeness (QED) is 0.763. The molecule has 0 saturated heterocycles. The monoisotopic (exact) mass is 336 g/mol. The number of anilines is 2. The van der Waals surface area contributed by atoms with E-state index in [0.29, 0.717) is 40.9 Å². The molecular formula is C18H16N4O3. The summed E-state index contributed by atoms with van der Waals surface area (Å²) in [5.74, 6) is 0.942. The Balaban J connectivity index is 1.82. The van der Waals surface area contributed by atoms with Crippen molar-refractivity contribution < 1.29 is 9.53 Å². The first-order chi connectivity index (χ1) is 12.2. The second kappa shape index (κ2) is 6.01. The van der Waals surface area contributed by atoms with Crippen LogP contribution in [0.1, 0.15) is 28.8 Å². The summed E-state index contributed by atoms with van der Waals surface area (Å²) in [5.41, 5.74) is 1.99. The smallest absolute Gasteiger partial charge is 0.262 e. The van der Waals surface area contributed by atoms with Crippen LogP contribution in [0.2, 0.25) is 0 Å². The fourth-order valence-electron chi connectivity index (χ4n) is 3.16. The van der Waals surface area contributed by atoms with Crippen LogP contribution in [0.15, 0.2) is 35.3 Å². The van der Waals surface area contributed by atoms with Crippen molar-refractivity contribution in [1.29, 1.82) is 0 Å². The Morgan fingerprint density at radius 2 is 2.04 bits per heavy atom. The molecule has 1 aliphatic rings. The van der Waals surface area contributed by atoms with Gasteiger partial charge < -0.3 is 10.1 Å². The van der Waals surface area contributed by atoms with Gasteiger partial charge in [0.1, 0.15) is 5.75 Å². The highest BCUT2D eigenvalue weighted by molar-refractivity contribution is 6.02. The van der Waals surface area contributed by atoms with Crippen molar-refractivity contribution in [2.24, 2.45) is 0 Å². The van der Waals surface area contributed by atoms with Crippen LogP contribution in [0, 0.1) is 0 Å². The molecule has 2 heterocycles. The van der Waals surface area contributed by atoms with Gasteiger partial charge in [0.2, 0.25) is 5.95 Å². The number of aromatic amines is 1. The Morgan fingerprint density at radius 1 is 1.20 bits per heavy atom. The molecule has 0 spiro atoms. The number of fused-ring (bicyclic) bond motifs is 3. The number of Topliss-reactive ketones (excluding diaryl/α,β-unsaturated/α-hetero) is 1. The Morgan fingerprint density at radius 3 is 2.88 bits per heavy atom. The second-order valence-corrected chi connectivity index (χ2v) is 5.87. The normalized spacial score (nSPS) is 13.6. The van der Waals surface area contributed by atoms with Gasteiger partial charge in [0.25, 0.3) is 5.56 Å². The van der Waals surface area contributed by atoms with E-state index in [1.54, 1.807) is 7.11 Å². The molecule has 0 radical (unpaired) electrons. The average molecular weight is 336 g/mol. The zero-order valence-electron chi connectivity index (χ0n) is 13.6. The fraction of sp³-hybridized carbons (Fsp3) is 0.222. The third kappa shape index (κ3) is 2.63. The van der Waals surface area contributed by atoms with E-state index in [1.165, 1.54) is 6.20 Å². The molecule has 0 amide bonds. The van der Waals surface area contributed by atoms with Crippen molar-refractivity contribution in [2.45, 2.75) is 19.3 Å². The number of aromatic nitrogens is 3. The van der Waals surface area contributed by atoms with Crippen molar-refractivity contribution in [3.8, 4) is 5.75 Å². The minimum Gasteiger partial charge on any atom is -0.495 e. The number of carbonyl (C=O) groups is 1. The number of aryl methyl sites for hydroxylation is 1. The van der Waals surface area contributed by atoms with Crippen molar-refractivity contribution >= 4 is 28.5 Å². The minimum absolute atomic E-state index is 0.0336. The van der Waals surface area contributed by atoms with Crippen LogP contribution >= 0.6 is 0 Å². The number of methoxy groups -OCH3 is 1. The first-order valence-electron chi connectivity index (χ1n) is 8.02. The minimum atomic E-state index is -0.304. The maximum atomic E-state index is 12.6. The van der Waals surface area contributed by atoms with E-state index >= 15 is 0 Å². The van der Waals surface area contributed by atoms with Gasteiger partial charge in [-0.2, -0.15) is 4.98 Å². The standard InChI is InChI=1S/C18H16N4O3/c1-25-14-8-3-2-6-12(14)20-18-21-16-15(17(24)22-18)10-5-4-7-13(23)11(10)9-19-16/h2-3,6,8-9H,4-5,7H2,1H3,(H2,19,20,21,22,24). The van der Waals surface area contributed by atoms with Crippen LogP contribution < -0.4 is 15.6 Å². The Bertz CT molecular complexity index is 1040. The van der Waals surface area contributed by atoms with Crippen molar-refractivity contribution in [3.05, 3.63) is 51.9 Å². The van der Waals surface area contributed by atoms with Crippen LogP contribution in [0.4, 0.5) is 11.6 Å². The molecule has 0 aliphatic heterocycles. The third-order valence-electron chi connectivity index (χ3n) is 4.33. The number of H-pyrrole nitrogens is 1. The van der Waals surface area contributed by atoms with Gasteiger partial charge in [-0.15, -0.1) is 0 Å². The van der Waals surface area contributed by atoms with Gasteiger partial charge >= 0.3 is 0 Å². The Kier molecular flexibility index (Phi) is 3.68. The largest absolute Gasteiger partial charge is 0.495 e. The van der Waals surface area contributed by atoms with E-state index < -0.39 is 0 Å². The van der Waals surface area contributed by atoms with Gasteiger partial charge in [-0.3, -0.25) is 14.6 Å². The van der Waals surface area contributed by atoms with Gasteiger partial charge in [-0.25, -0.2) is 4.98 Å². The lowest BCUT2D eigenvalue weighted by atomic mass is 9.90. The number of ether oxygens (including phenoxy) is 1. The molecule has 3 aromatic rings. The van der Waals surface area contributed by atoms with Gasteiger partial charge in [-0.1, -0.05) is 12.1 Å². The zero-order valence-corrected chi connectivity index (χ0v) is 13.6. The zero-order chi connectivity index (χ0) is 17.4. The van der Waals surface area contributed by atoms with E-state index in [-0.39, 0.29) is 17.3 Å². The Labute approximate surface area is 143 Å². The molecule has 1 aliphatic carbocycles. The summed E-state index contributed by atoms with van der Waals surface area (Å²) in [6.45, 7) is 0. The Hall–Kier alpha value is -3.22. The molecule has 0 atom stereocenters. The van der Waals surface area contributed by atoms with E-state index in [1.807, 2.05) is 24.3 Å². The highest BCUT2D eigenvalue weighted by Crippen LogP contribution is 2.27. The summed E-state index contributed by atoms with van der Waals surface area (Å²) in [4.78, 5) is 36.0. The van der Waals surface area contributed by atoms with Gasteiger partial charge in [-0.05, 0) is 30.5 Å². The van der Waals surface area contributed by atoms with Crippen molar-refractivity contribution in [3.63, 3.8) is 0 Å². The van der Waals surface area contributed by atoms with Crippen LogP contribution in [0.3, 0.4) is 0 Å². The first kappa shape index (κ1) is 15.3. The van der Waals surface area contributed by atoms with Crippen LogP contribution in [-0.4, -0.2) is 27.8 Å². The molecule has 1 aromatic carbocycles. The number of para-hydroxylation sites is 2. The number of benzene rings is 1. The molecule has 2 N–H and O–H groups in total. The molecular weight excluding hydrogens is 320 g/mol. The highest BCUT2D eigenvalue weighted by Gasteiger charge is 2.22. The van der Waals surface area contributed by atoms with Crippen LogP contribution in [0.5, 0.6) is 5.75 Å². The van der Waals surface area contributed by atoms with E-state index in [9.17, 15) is 9.59 Å². The molecule has 0 unspecified atom stereocenters. The number of rotatable bonds is 3. The number of hydrogen-bond acceptors (Lipinski definition) is 6. The highest BCUT2D eigenvalue weighted by atomic mass is 16.5. The first-order valence-corrected chi connectivity index (χ1v) is 8.02. The summed E-state index contributed by atoms with van der Waals surface area (Å²) in [7, 11) is 1.57. The van der Waals surface area contributed by atoms with E-state index in [4.69, 9.17) is 4.74 Å². The molecule has 4 rings (SSSR count). The molecule has 7 nitrogen and oxygen atoms in total. The van der Waals surface area contributed by atoms with E-state index in [0.717, 1.165) is 12.0 Å². The number of nitrogens with zero attached hydrogens (tertiary/aromatic N) is 2. The number of ketones is 1. The number of nitrogens with one attached hydrogen (secondary N) is 2. The van der Waals surface area contributed by atoms with Crippen molar-refractivity contribution in [1.82, 2.24) is 15.0 Å². The molecule has 0 bridgehead atoms. The number of hydrogen-bond donors (Lipinski definition) is 2. The second-order valence-electron chi connectivity index (χ2n) is 5.87. The predicted octanol–water partition coefficient (Wildman–Crippen LogP) is 2.59.